The van der Waals surface area contributed by atoms with Gasteiger partial charge < -0.3 is 4.84 Å². The molecule has 0 saturated carbocycles. The van der Waals surface area contributed by atoms with Gasteiger partial charge in [0.1, 0.15) is 0 Å². The summed E-state index contributed by atoms with van der Waals surface area (Å²) in [5.74, 6) is 0.554. The van der Waals surface area contributed by atoms with Crippen LogP contribution in [0.3, 0.4) is 0 Å². The van der Waals surface area contributed by atoms with Gasteiger partial charge in [0, 0.05) is 5.75 Å². The zero-order chi connectivity index (χ0) is 10.2. The number of hydrogen-bond acceptors (Lipinski definition) is 4. The molecule has 0 aliphatic rings. The van der Waals surface area contributed by atoms with Gasteiger partial charge in [0.05, 0.1) is 12.1 Å². The van der Waals surface area contributed by atoms with Crippen LogP contribution in [0, 0.1) is 0 Å². The summed E-state index contributed by atoms with van der Waals surface area (Å²) in [4.78, 5) is 15.9. The van der Waals surface area contributed by atoms with Gasteiger partial charge in [-0.3, -0.25) is 0 Å². The number of hydrogen-bond donors (Lipinski definition) is 1. The van der Waals surface area contributed by atoms with Crippen LogP contribution in [0.15, 0.2) is 30.3 Å². The maximum absolute atomic E-state index is 11.1. The van der Waals surface area contributed by atoms with E-state index in [2.05, 4.69) is 5.48 Å². The van der Waals surface area contributed by atoms with Gasteiger partial charge in [-0.05, 0) is 18.4 Å². The number of nitrogens with one attached hydrogen (secondary N) is 1. The van der Waals surface area contributed by atoms with E-state index in [-0.39, 0.29) is 5.97 Å². The first-order valence-electron chi connectivity index (χ1n) is 4.32. The lowest BCUT2D eigenvalue weighted by molar-refractivity contribution is -0.140. The van der Waals surface area contributed by atoms with Gasteiger partial charge in [0.2, 0.25) is 0 Å². The molecule has 1 rings (SSSR count). The molecule has 0 saturated heterocycles. The predicted molar refractivity (Wildman–Crippen MR) is 59.2 cm³/mol. The third kappa shape index (κ3) is 4.18. The molecular weight excluding hydrogens is 198 g/mol. The summed E-state index contributed by atoms with van der Waals surface area (Å²) in [7, 11) is 0. The van der Waals surface area contributed by atoms with Crippen molar-refractivity contribution in [2.45, 2.75) is 6.42 Å². The monoisotopic (exact) mass is 211 g/mol. The van der Waals surface area contributed by atoms with Crippen LogP contribution < -0.4 is 5.48 Å². The molecule has 1 aromatic carbocycles. The fraction of sp³-hybridized carbons (Fsp3) is 0.300. The number of carbonyl (C=O) groups is 1. The molecule has 3 nitrogen and oxygen atoms in total. The van der Waals surface area contributed by atoms with Crippen LogP contribution in [0.4, 0.5) is 5.69 Å². The topological polar surface area (TPSA) is 38.3 Å². The van der Waals surface area contributed by atoms with E-state index >= 15 is 0 Å². The Morgan fingerprint density at radius 3 is 2.79 bits per heavy atom. The molecule has 0 aliphatic heterocycles. The Bertz CT molecular complexity index is 277. The second-order valence-electron chi connectivity index (χ2n) is 2.68. The lowest BCUT2D eigenvalue weighted by atomic mass is 10.3. The number of para-hydroxylation sites is 1. The van der Waals surface area contributed by atoms with Crippen molar-refractivity contribution < 1.29 is 9.63 Å². The molecule has 4 heteroatoms. The maximum Gasteiger partial charge on any atom is 0.332 e. The van der Waals surface area contributed by atoms with E-state index in [1.807, 2.05) is 36.6 Å². The van der Waals surface area contributed by atoms with Gasteiger partial charge in [-0.1, -0.05) is 18.2 Å². The fourth-order valence-electron chi connectivity index (χ4n) is 0.858. The minimum atomic E-state index is -0.233. The first-order valence-corrected chi connectivity index (χ1v) is 5.72. The summed E-state index contributed by atoms with van der Waals surface area (Å²) in [5.41, 5.74) is 3.38. The van der Waals surface area contributed by atoms with Crippen LogP contribution in [0.25, 0.3) is 0 Å². The van der Waals surface area contributed by atoms with E-state index in [1.165, 1.54) is 0 Å². The third-order valence-corrected chi connectivity index (χ3v) is 2.18. The Morgan fingerprint density at radius 1 is 1.43 bits per heavy atom. The molecule has 0 bridgehead atoms. The molecule has 0 heterocycles. The van der Waals surface area contributed by atoms with Crippen LogP contribution in [-0.2, 0) is 9.63 Å². The molecule has 0 aromatic heterocycles. The van der Waals surface area contributed by atoms with E-state index < -0.39 is 0 Å². The molecule has 76 valence electrons. The second-order valence-corrected chi connectivity index (χ2v) is 3.67. The van der Waals surface area contributed by atoms with E-state index in [9.17, 15) is 4.79 Å². The van der Waals surface area contributed by atoms with Crippen molar-refractivity contribution >= 4 is 23.4 Å². The summed E-state index contributed by atoms with van der Waals surface area (Å²) < 4.78 is 0. The normalized spacial score (nSPS) is 9.50. The highest BCUT2D eigenvalue weighted by molar-refractivity contribution is 7.98. The Labute approximate surface area is 87.8 Å². The van der Waals surface area contributed by atoms with Gasteiger partial charge in [-0.15, -0.1) is 0 Å². The Hall–Kier alpha value is -1.16. The predicted octanol–water partition coefficient (Wildman–Crippen LogP) is 2.31. The summed E-state index contributed by atoms with van der Waals surface area (Å²) in [6, 6.07) is 9.32. The minimum Gasteiger partial charge on any atom is -0.343 e. The van der Waals surface area contributed by atoms with Crippen molar-refractivity contribution in [2.24, 2.45) is 0 Å². The quantitative estimate of drug-likeness (QED) is 0.758. The molecule has 1 N–H and O–H groups in total. The SMILES string of the molecule is CSCCC(=O)ONc1ccccc1. The molecule has 0 spiro atoms. The van der Waals surface area contributed by atoms with Crippen molar-refractivity contribution in [3.63, 3.8) is 0 Å². The molecule has 0 aliphatic carbocycles. The Morgan fingerprint density at radius 2 is 2.14 bits per heavy atom. The number of anilines is 1. The van der Waals surface area contributed by atoms with Crippen LogP contribution in [0.2, 0.25) is 0 Å². The van der Waals surface area contributed by atoms with Crippen LogP contribution in [0.1, 0.15) is 6.42 Å². The molecule has 0 atom stereocenters. The van der Waals surface area contributed by atoms with Gasteiger partial charge in [0.15, 0.2) is 0 Å². The molecule has 0 amide bonds. The highest BCUT2D eigenvalue weighted by atomic mass is 32.2. The van der Waals surface area contributed by atoms with Crippen LogP contribution in [-0.4, -0.2) is 18.0 Å². The number of rotatable bonds is 5. The highest BCUT2D eigenvalue weighted by Crippen LogP contribution is 2.05. The minimum absolute atomic E-state index is 0.233. The van der Waals surface area contributed by atoms with Crippen molar-refractivity contribution in [1.29, 1.82) is 0 Å². The first kappa shape index (κ1) is 10.9. The molecule has 0 unspecified atom stereocenters. The standard InChI is InChI=1S/C10H13NO2S/c1-14-8-7-10(12)13-11-9-5-3-2-4-6-9/h2-6,11H,7-8H2,1H3. The molecule has 0 fully saturated rings. The summed E-state index contributed by atoms with van der Waals surface area (Å²) in [5, 5.41) is 0. The average Bonchev–Trinajstić information content (AvgIpc) is 2.25. The van der Waals surface area contributed by atoms with Gasteiger partial charge >= 0.3 is 5.97 Å². The number of benzene rings is 1. The van der Waals surface area contributed by atoms with Crippen molar-refractivity contribution in [1.82, 2.24) is 0 Å². The second kappa shape index (κ2) is 6.32. The van der Waals surface area contributed by atoms with Gasteiger partial charge in [-0.2, -0.15) is 11.8 Å². The molecular formula is C10H13NO2S. The van der Waals surface area contributed by atoms with Gasteiger partial charge in [-0.25, -0.2) is 10.3 Å². The van der Waals surface area contributed by atoms with Crippen LogP contribution >= 0.6 is 11.8 Å². The smallest absolute Gasteiger partial charge is 0.332 e. The molecule has 1 aromatic rings. The van der Waals surface area contributed by atoms with Crippen molar-refractivity contribution in [3.05, 3.63) is 30.3 Å². The maximum atomic E-state index is 11.1. The Kier molecular flexibility index (Phi) is 4.93. The zero-order valence-electron chi connectivity index (χ0n) is 8.03. The first-order chi connectivity index (χ1) is 6.83. The van der Waals surface area contributed by atoms with E-state index in [4.69, 9.17) is 4.84 Å². The van der Waals surface area contributed by atoms with E-state index in [1.54, 1.807) is 11.8 Å². The number of carbonyl (C=O) groups excluding carboxylic acids is 1. The lowest BCUT2D eigenvalue weighted by Crippen LogP contribution is -2.10. The highest BCUT2D eigenvalue weighted by Gasteiger charge is 2.01. The average molecular weight is 211 g/mol. The van der Waals surface area contributed by atoms with Crippen molar-refractivity contribution in [2.75, 3.05) is 17.5 Å². The fourth-order valence-corrected chi connectivity index (χ4v) is 1.23. The van der Waals surface area contributed by atoms with Crippen molar-refractivity contribution in [3.8, 4) is 0 Å². The molecule has 14 heavy (non-hydrogen) atoms. The lowest BCUT2D eigenvalue weighted by Gasteiger charge is -2.05. The zero-order valence-corrected chi connectivity index (χ0v) is 8.84. The Balaban J connectivity index is 2.24. The summed E-state index contributed by atoms with van der Waals surface area (Å²) in [6.45, 7) is 0. The number of thioether (sulfide) groups is 1. The summed E-state index contributed by atoms with van der Waals surface area (Å²) >= 11 is 1.62. The van der Waals surface area contributed by atoms with E-state index in [0.717, 1.165) is 11.4 Å². The van der Waals surface area contributed by atoms with Gasteiger partial charge in [0.25, 0.3) is 0 Å². The third-order valence-electron chi connectivity index (χ3n) is 1.57. The van der Waals surface area contributed by atoms with E-state index in [0.29, 0.717) is 6.42 Å². The largest absolute Gasteiger partial charge is 0.343 e. The van der Waals surface area contributed by atoms with Crippen LogP contribution in [0.5, 0.6) is 0 Å². The molecule has 0 radical (unpaired) electrons. The summed E-state index contributed by atoms with van der Waals surface area (Å²) in [6.07, 6.45) is 2.39.